The minimum atomic E-state index is 0.460. The second kappa shape index (κ2) is 7.71. The van der Waals surface area contributed by atoms with Crippen LogP contribution in [0.5, 0.6) is 0 Å². The van der Waals surface area contributed by atoms with Gasteiger partial charge in [-0.3, -0.25) is 0 Å². The second-order valence-corrected chi connectivity index (χ2v) is 4.52. The van der Waals surface area contributed by atoms with Gasteiger partial charge in [0.15, 0.2) is 5.96 Å². The zero-order valence-electron chi connectivity index (χ0n) is 11.4. The van der Waals surface area contributed by atoms with Gasteiger partial charge in [0.25, 0.3) is 0 Å². The van der Waals surface area contributed by atoms with Crippen LogP contribution in [0.2, 0.25) is 0 Å². The fourth-order valence-electron chi connectivity index (χ4n) is 1.56. The van der Waals surface area contributed by atoms with Gasteiger partial charge in [-0.15, -0.1) is 0 Å². The van der Waals surface area contributed by atoms with Crippen LogP contribution in [0.25, 0.3) is 0 Å². The maximum absolute atomic E-state index is 5.74. The summed E-state index contributed by atoms with van der Waals surface area (Å²) >= 11 is 0. The van der Waals surface area contributed by atoms with Crippen molar-refractivity contribution in [1.29, 1.82) is 0 Å². The summed E-state index contributed by atoms with van der Waals surface area (Å²) in [6, 6.07) is 8.45. The number of ether oxygens (including phenoxy) is 1. The van der Waals surface area contributed by atoms with E-state index in [4.69, 9.17) is 10.5 Å². The first-order chi connectivity index (χ1) is 8.63. The summed E-state index contributed by atoms with van der Waals surface area (Å²) in [7, 11) is 1.66. The number of nitrogens with two attached hydrogens (primary N) is 1. The smallest absolute Gasteiger partial charge is 0.188 e. The van der Waals surface area contributed by atoms with E-state index in [0.717, 1.165) is 0 Å². The molecule has 0 saturated carbocycles. The summed E-state index contributed by atoms with van der Waals surface area (Å²) in [5.74, 6) is 0.994. The van der Waals surface area contributed by atoms with E-state index in [1.54, 1.807) is 7.11 Å². The predicted octanol–water partition coefficient (Wildman–Crippen LogP) is 1.86. The number of hydrogen-bond acceptors (Lipinski definition) is 2. The number of methoxy groups -OCH3 is 1. The quantitative estimate of drug-likeness (QED) is 0.459. The third-order valence-electron chi connectivity index (χ3n) is 2.66. The average molecular weight is 249 g/mol. The molecule has 0 aliphatic heterocycles. The molecule has 18 heavy (non-hydrogen) atoms. The molecule has 1 aromatic rings. The summed E-state index contributed by atoms with van der Waals surface area (Å²) in [6.45, 7) is 6.27. The Morgan fingerprint density at radius 3 is 2.89 bits per heavy atom. The van der Waals surface area contributed by atoms with E-state index in [0.29, 0.717) is 31.6 Å². The van der Waals surface area contributed by atoms with E-state index in [2.05, 4.69) is 48.4 Å². The number of nitrogens with zero attached hydrogens (tertiary/aromatic N) is 1. The Balaban J connectivity index is 2.51. The first-order valence-corrected chi connectivity index (χ1v) is 6.25. The Hall–Kier alpha value is -1.55. The van der Waals surface area contributed by atoms with Gasteiger partial charge in [-0.05, 0) is 17.0 Å². The average Bonchev–Trinajstić information content (AvgIpc) is 2.37. The van der Waals surface area contributed by atoms with Crippen molar-refractivity contribution in [3.05, 3.63) is 35.4 Å². The summed E-state index contributed by atoms with van der Waals surface area (Å²) in [5, 5.41) is 2.99. The minimum absolute atomic E-state index is 0.460. The van der Waals surface area contributed by atoms with Crippen LogP contribution in [0.4, 0.5) is 0 Å². The van der Waals surface area contributed by atoms with Crippen LogP contribution in [0, 0.1) is 0 Å². The van der Waals surface area contributed by atoms with E-state index in [1.165, 1.54) is 11.1 Å². The summed E-state index contributed by atoms with van der Waals surface area (Å²) < 4.78 is 4.92. The first kappa shape index (κ1) is 14.5. The molecule has 4 heteroatoms. The molecule has 0 aliphatic rings. The van der Waals surface area contributed by atoms with E-state index in [9.17, 15) is 0 Å². The van der Waals surface area contributed by atoms with E-state index >= 15 is 0 Å². The number of aliphatic imine (C=N–C) groups is 1. The topological polar surface area (TPSA) is 59.6 Å². The number of rotatable bonds is 6. The third-order valence-corrected chi connectivity index (χ3v) is 2.66. The number of hydrogen-bond donors (Lipinski definition) is 2. The SMILES string of the molecule is COCCNC(N)=NCc1cccc(C(C)C)c1. The zero-order valence-corrected chi connectivity index (χ0v) is 11.4. The highest BCUT2D eigenvalue weighted by atomic mass is 16.5. The molecule has 0 unspecified atom stereocenters. The highest BCUT2D eigenvalue weighted by Gasteiger charge is 2.00. The van der Waals surface area contributed by atoms with Crippen LogP contribution < -0.4 is 11.1 Å². The van der Waals surface area contributed by atoms with Crippen LogP contribution in [0.3, 0.4) is 0 Å². The molecule has 0 bridgehead atoms. The molecule has 1 rings (SSSR count). The maximum atomic E-state index is 5.74. The van der Waals surface area contributed by atoms with E-state index in [-0.39, 0.29) is 0 Å². The van der Waals surface area contributed by atoms with Crippen molar-refractivity contribution < 1.29 is 4.74 Å². The Bertz CT molecular complexity index is 388. The molecule has 0 spiro atoms. The summed E-state index contributed by atoms with van der Waals surface area (Å²) in [5.41, 5.74) is 8.25. The Morgan fingerprint density at radius 1 is 1.44 bits per heavy atom. The van der Waals surface area contributed by atoms with Crippen LogP contribution in [0.15, 0.2) is 29.3 Å². The lowest BCUT2D eigenvalue weighted by atomic mass is 10.0. The van der Waals surface area contributed by atoms with Crippen LogP contribution >= 0.6 is 0 Å². The standard InChI is InChI=1S/C14H23N3O/c1-11(2)13-6-4-5-12(9-13)10-17-14(15)16-7-8-18-3/h4-6,9,11H,7-8,10H2,1-3H3,(H3,15,16,17). The highest BCUT2D eigenvalue weighted by molar-refractivity contribution is 5.77. The Kier molecular flexibility index (Phi) is 6.22. The lowest BCUT2D eigenvalue weighted by Gasteiger charge is -2.07. The zero-order chi connectivity index (χ0) is 13.4. The van der Waals surface area contributed by atoms with Gasteiger partial charge in [-0.1, -0.05) is 38.1 Å². The Labute approximate surface area is 109 Å². The number of benzene rings is 1. The molecule has 1 aromatic carbocycles. The normalized spacial score (nSPS) is 11.9. The van der Waals surface area contributed by atoms with Crippen molar-refractivity contribution in [2.45, 2.75) is 26.3 Å². The molecule has 0 amide bonds. The van der Waals surface area contributed by atoms with Gasteiger partial charge in [0, 0.05) is 13.7 Å². The molecule has 0 atom stereocenters. The van der Waals surface area contributed by atoms with Crippen LogP contribution in [-0.2, 0) is 11.3 Å². The van der Waals surface area contributed by atoms with Gasteiger partial charge in [0.1, 0.15) is 0 Å². The molecule has 3 N–H and O–H groups in total. The fraction of sp³-hybridized carbons (Fsp3) is 0.500. The van der Waals surface area contributed by atoms with Crippen molar-refractivity contribution >= 4 is 5.96 Å². The molecular formula is C14H23N3O. The van der Waals surface area contributed by atoms with Gasteiger partial charge in [-0.25, -0.2) is 4.99 Å². The molecule has 0 aliphatic carbocycles. The van der Waals surface area contributed by atoms with E-state index < -0.39 is 0 Å². The highest BCUT2D eigenvalue weighted by Crippen LogP contribution is 2.15. The summed E-state index contributed by atoms with van der Waals surface area (Å²) in [6.07, 6.45) is 0. The lowest BCUT2D eigenvalue weighted by Crippen LogP contribution is -2.34. The predicted molar refractivity (Wildman–Crippen MR) is 75.7 cm³/mol. The van der Waals surface area contributed by atoms with Crippen LogP contribution in [0.1, 0.15) is 30.9 Å². The van der Waals surface area contributed by atoms with Crippen molar-refractivity contribution in [3.63, 3.8) is 0 Å². The molecule has 0 radical (unpaired) electrons. The Morgan fingerprint density at radius 2 is 2.22 bits per heavy atom. The molecule has 0 fully saturated rings. The minimum Gasteiger partial charge on any atom is -0.383 e. The van der Waals surface area contributed by atoms with Crippen LogP contribution in [-0.4, -0.2) is 26.2 Å². The molecular weight excluding hydrogens is 226 g/mol. The van der Waals surface area contributed by atoms with Gasteiger partial charge >= 0.3 is 0 Å². The largest absolute Gasteiger partial charge is 0.383 e. The summed E-state index contributed by atoms with van der Waals surface area (Å²) in [4.78, 5) is 4.29. The fourth-order valence-corrected chi connectivity index (χ4v) is 1.56. The first-order valence-electron chi connectivity index (χ1n) is 6.25. The van der Waals surface area contributed by atoms with Gasteiger partial charge in [0.2, 0.25) is 0 Å². The number of nitrogens with one attached hydrogen (secondary N) is 1. The second-order valence-electron chi connectivity index (χ2n) is 4.52. The molecule has 4 nitrogen and oxygen atoms in total. The molecule has 0 saturated heterocycles. The maximum Gasteiger partial charge on any atom is 0.188 e. The number of guanidine groups is 1. The third kappa shape index (κ3) is 5.19. The lowest BCUT2D eigenvalue weighted by molar-refractivity contribution is 0.204. The molecule has 0 heterocycles. The van der Waals surface area contributed by atoms with Crippen molar-refractivity contribution in [1.82, 2.24) is 5.32 Å². The van der Waals surface area contributed by atoms with Gasteiger partial charge in [-0.2, -0.15) is 0 Å². The monoisotopic (exact) mass is 249 g/mol. The van der Waals surface area contributed by atoms with E-state index in [1.807, 2.05) is 0 Å². The van der Waals surface area contributed by atoms with Gasteiger partial charge in [0.05, 0.1) is 13.2 Å². The van der Waals surface area contributed by atoms with Crippen molar-refractivity contribution in [2.75, 3.05) is 20.3 Å². The van der Waals surface area contributed by atoms with Gasteiger partial charge < -0.3 is 15.8 Å². The van der Waals surface area contributed by atoms with Crippen molar-refractivity contribution in [2.24, 2.45) is 10.7 Å². The molecule has 0 aromatic heterocycles. The van der Waals surface area contributed by atoms with Crippen molar-refractivity contribution in [3.8, 4) is 0 Å². The molecule has 100 valence electrons.